The molecule has 24 nitrogen and oxygen atoms in total. The van der Waals surface area contributed by atoms with Crippen molar-refractivity contribution >= 4 is 96.2 Å². The lowest BCUT2D eigenvalue weighted by Gasteiger charge is -2.28. The molecule has 0 fully saturated rings. The van der Waals surface area contributed by atoms with Crippen LogP contribution in [0, 0.1) is 11.8 Å². The Morgan fingerprint density at radius 3 is 1.38 bits per heavy atom. The second kappa shape index (κ2) is 34.7. The molecule has 0 rings (SSSR count). The van der Waals surface area contributed by atoms with Crippen LogP contribution >= 0.6 is 37.0 Å². The molecule has 27 heteroatoms. The number of carboxylic acid groups (broad SMARTS) is 1. The number of aliphatic hydroxyl groups is 1. The average molecular weight is 1020 g/mol. The minimum atomic E-state index is -1.64. The molecule has 0 aromatic carbocycles. The summed E-state index contributed by atoms with van der Waals surface area (Å²) in [7, 11) is 0. The Hall–Kier alpha value is -4.57. The van der Waals surface area contributed by atoms with Crippen molar-refractivity contribution in [3.05, 3.63) is 0 Å². The molecule has 0 aromatic rings. The molecular weight excluding hydrogens is 947 g/mol. The van der Waals surface area contributed by atoms with Gasteiger partial charge in [0.15, 0.2) is 5.96 Å². The van der Waals surface area contributed by atoms with Gasteiger partial charge < -0.3 is 75.7 Å². The summed E-state index contributed by atoms with van der Waals surface area (Å²) < 4.78 is 0. The first-order valence-electron chi connectivity index (χ1n) is 22.4. The number of nitrogens with one attached hydrogen (secondary N) is 8. The Morgan fingerprint density at radius 2 is 0.971 bits per heavy atom. The van der Waals surface area contributed by atoms with Crippen molar-refractivity contribution in [3.8, 4) is 0 Å². The van der Waals surface area contributed by atoms with Gasteiger partial charge >= 0.3 is 5.97 Å². The van der Waals surface area contributed by atoms with E-state index in [0.717, 1.165) is 0 Å². The predicted molar refractivity (Wildman–Crippen MR) is 266 cm³/mol. The summed E-state index contributed by atoms with van der Waals surface area (Å²) in [5.41, 5.74) is 22.5. The molecule has 18 N–H and O–H groups in total. The number of guanidine groups is 1. The third-order valence-electron chi connectivity index (χ3n) is 9.98. The van der Waals surface area contributed by atoms with Crippen LogP contribution in [0.2, 0.25) is 0 Å². The topological polar surface area (TPSA) is 407 Å². The van der Waals surface area contributed by atoms with Gasteiger partial charge in [0.25, 0.3) is 0 Å². The largest absolute Gasteiger partial charge is 0.480 e. The smallest absolute Gasteiger partial charge is 0.327 e. The first kappa shape index (κ1) is 63.4. The van der Waals surface area contributed by atoms with E-state index < -0.39 is 114 Å². The maximum Gasteiger partial charge on any atom is 0.327 e. The maximum absolute atomic E-state index is 14.1. The Balaban J connectivity index is 6.56. The number of aliphatic hydroxyl groups excluding tert-OH is 1. The van der Waals surface area contributed by atoms with Crippen LogP contribution in [0.5, 0.6) is 0 Å². The van der Waals surface area contributed by atoms with E-state index in [4.69, 9.17) is 22.9 Å². The summed E-state index contributed by atoms with van der Waals surface area (Å²) in [6.07, 6.45) is 3.26. The first-order valence-corrected chi connectivity index (χ1v) is 25.1. The third-order valence-corrected chi connectivity index (χ3v) is 11.4. The molecule has 0 saturated carbocycles. The quantitative estimate of drug-likeness (QED) is 0.0125. The summed E-state index contributed by atoms with van der Waals surface area (Å²) in [5.74, 6) is -7.84. The van der Waals surface area contributed by atoms with Crippen LogP contribution in [0.1, 0.15) is 86.0 Å². The molecule has 0 spiro atoms. The number of thioether (sulfide) groups is 1. The molecule has 0 bridgehead atoms. The number of amides is 8. The molecule has 0 saturated heterocycles. The number of hydrogen-bond acceptors (Lipinski definition) is 16. The number of aliphatic carboxylic acids is 1. The van der Waals surface area contributed by atoms with Gasteiger partial charge in [0, 0.05) is 18.1 Å². The second-order valence-electron chi connectivity index (χ2n) is 16.9. The minimum absolute atomic E-state index is 0.0306. The van der Waals surface area contributed by atoms with Crippen LogP contribution in [-0.2, 0) is 43.2 Å². The standard InChI is InChI=1S/C41H77N13O11S3/c1-21(2)16-28(51-33(57)24(43)19-66)38(62)52-29(17-22(3)4)37(61)49-25(10-7-8-13-42)34(58)50-27(12-15-68-6)36(60)48-26(11-9-14-46-41(44)45)35(59)53-30(18-55)39(63)47-23(5)32(56)54-31(20-67)40(64)65/h21-31,55,66-67H,7-20,42-43H2,1-6H3,(H,47,63)(H,48,60)(H,49,61)(H,50,58)(H,51,57)(H,52,62)(H,53,59)(H,54,56)(H,64,65)(H4,44,45,46)/t23-,24-,25-,26-,27-,28-,29-,30-,31-/m0/s1. The fourth-order valence-electron chi connectivity index (χ4n) is 6.22. The van der Waals surface area contributed by atoms with E-state index in [9.17, 15) is 53.4 Å². The van der Waals surface area contributed by atoms with E-state index in [0.29, 0.717) is 18.6 Å². The van der Waals surface area contributed by atoms with Gasteiger partial charge in [-0.25, -0.2) is 4.79 Å². The van der Waals surface area contributed by atoms with E-state index in [1.54, 1.807) is 6.26 Å². The number of thiol groups is 2. The van der Waals surface area contributed by atoms with Crippen molar-refractivity contribution in [2.75, 3.05) is 43.2 Å². The molecule has 9 atom stereocenters. The number of hydrogen-bond donors (Lipinski definition) is 16. The number of carbonyl (C=O) groups is 9. The van der Waals surface area contributed by atoms with Crippen molar-refractivity contribution in [2.24, 2.45) is 39.8 Å². The van der Waals surface area contributed by atoms with E-state index in [1.165, 1.54) is 18.7 Å². The fourth-order valence-corrected chi connectivity index (χ4v) is 7.11. The zero-order valence-electron chi connectivity index (χ0n) is 39.9. The monoisotopic (exact) mass is 1020 g/mol. The Morgan fingerprint density at radius 1 is 0.559 bits per heavy atom. The van der Waals surface area contributed by atoms with Crippen LogP contribution in [0.4, 0.5) is 0 Å². The van der Waals surface area contributed by atoms with Gasteiger partial charge in [-0.1, -0.05) is 27.7 Å². The summed E-state index contributed by atoms with van der Waals surface area (Å²) in [4.78, 5) is 123. The Labute approximate surface area is 413 Å². The zero-order chi connectivity index (χ0) is 52.1. The highest BCUT2D eigenvalue weighted by molar-refractivity contribution is 7.98. The molecule has 68 heavy (non-hydrogen) atoms. The molecule has 8 amide bonds. The van der Waals surface area contributed by atoms with Crippen LogP contribution in [-0.4, -0.2) is 167 Å². The molecule has 390 valence electrons. The highest BCUT2D eigenvalue weighted by atomic mass is 32.2. The van der Waals surface area contributed by atoms with E-state index in [-0.39, 0.29) is 80.9 Å². The second-order valence-corrected chi connectivity index (χ2v) is 18.6. The lowest BCUT2D eigenvalue weighted by molar-refractivity contribution is -0.141. The summed E-state index contributed by atoms with van der Waals surface area (Å²) in [6, 6.07) is -11.3. The predicted octanol–water partition coefficient (Wildman–Crippen LogP) is -3.82. The number of nitrogens with zero attached hydrogens (tertiary/aromatic N) is 1. The number of carboxylic acids is 1. The number of unbranched alkanes of at least 4 members (excludes halogenated alkanes) is 1. The molecule has 0 radical (unpaired) electrons. The van der Waals surface area contributed by atoms with Crippen LogP contribution in [0.25, 0.3) is 0 Å². The van der Waals surface area contributed by atoms with Gasteiger partial charge in [-0.3, -0.25) is 43.3 Å². The van der Waals surface area contributed by atoms with Gasteiger partial charge in [0.1, 0.15) is 48.3 Å². The number of nitrogens with two attached hydrogens (primary N) is 4. The van der Waals surface area contributed by atoms with Crippen molar-refractivity contribution in [1.82, 2.24) is 42.5 Å². The third kappa shape index (κ3) is 25.7. The molecule has 0 aromatic heterocycles. The lowest BCUT2D eigenvalue weighted by atomic mass is 9.99. The lowest BCUT2D eigenvalue weighted by Crippen LogP contribution is -2.60. The van der Waals surface area contributed by atoms with Crippen LogP contribution < -0.4 is 65.5 Å². The van der Waals surface area contributed by atoms with Gasteiger partial charge in [-0.2, -0.15) is 37.0 Å². The summed E-state index contributed by atoms with van der Waals surface area (Å²) >= 11 is 9.32. The molecule has 0 aliphatic carbocycles. The van der Waals surface area contributed by atoms with Crippen molar-refractivity contribution in [1.29, 1.82) is 0 Å². The number of carbonyl (C=O) groups excluding carboxylic acids is 8. The van der Waals surface area contributed by atoms with Gasteiger partial charge in [0.05, 0.1) is 12.6 Å². The highest BCUT2D eigenvalue weighted by Gasteiger charge is 2.34. The molecule has 0 heterocycles. The molecule has 0 aliphatic rings. The van der Waals surface area contributed by atoms with E-state index >= 15 is 0 Å². The van der Waals surface area contributed by atoms with Crippen molar-refractivity contribution in [2.45, 2.75) is 140 Å². The summed E-state index contributed by atoms with van der Waals surface area (Å²) in [6.45, 7) is 8.03. The van der Waals surface area contributed by atoms with Crippen LogP contribution in [0.15, 0.2) is 4.99 Å². The maximum atomic E-state index is 14.1. The molecule has 0 aliphatic heterocycles. The summed E-state index contributed by atoms with van der Waals surface area (Å²) in [5, 5.41) is 39.6. The van der Waals surface area contributed by atoms with Gasteiger partial charge in [-0.05, 0) is 88.7 Å². The minimum Gasteiger partial charge on any atom is -0.480 e. The van der Waals surface area contributed by atoms with Gasteiger partial charge in [0.2, 0.25) is 47.3 Å². The number of rotatable bonds is 35. The van der Waals surface area contributed by atoms with E-state index in [1.807, 2.05) is 27.7 Å². The van der Waals surface area contributed by atoms with Crippen molar-refractivity contribution < 1.29 is 53.4 Å². The first-order chi connectivity index (χ1) is 32.0. The highest BCUT2D eigenvalue weighted by Crippen LogP contribution is 2.12. The van der Waals surface area contributed by atoms with Crippen LogP contribution in [0.3, 0.4) is 0 Å². The van der Waals surface area contributed by atoms with E-state index in [2.05, 4.69) is 72.8 Å². The molecule has 0 unspecified atom stereocenters. The average Bonchev–Trinajstić information content (AvgIpc) is 3.27. The fraction of sp³-hybridized carbons (Fsp3) is 0.756. The molecular formula is C41H77N13O11S3. The number of aliphatic imine (C=N–C) groups is 1. The zero-order valence-corrected chi connectivity index (χ0v) is 42.5. The Bertz CT molecular complexity index is 1680. The SMILES string of the molecule is CSCC[C@H](NC(=O)[C@H](CCCCN)NC(=O)[C@H](CC(C)C)NC(=O)[C@H](CC(C)C)NC(=O)[C@@H](N)CS)C(=O)N[C@@H](CCCN=C(N)N)C(=O)N[C@@H](CO)C(=O)N[C@@H](C)C(=O)N[C@@H](CS)C(=O)O. The van der Waals surface area contributed by atoms with Gasteiger partial charge in [-0.15, -0.1) is 0 Å². The Kier molecular flexibility index (Phi) is 32.3. The van der Waals surface area contributed by atoms with Crippen molar-refractivity contribution in [3.63, 3.8) is 0 Å². The normalized spacial score (nSPS) is 15.1.